The largest absolute Gasteiger partial charge is 0.388 e. The van der Waals surface area contributed by atoms with Crippen molar-refractivity contribution in [2.24, 2.45) is 4.99 Å². The minimum absolute atomic E-state index is 0.424. The first-order valence-electron chi connectivity index (χ1n) is 5.45. The van der Waals surface area contributed by atoms with Gasteiger partial charge in [0.2, 0.25) is 0 Å². The maximum Gasteiger partial charge on any atom is 0.159 e. The topological polar surface area (TPSA) is 74.1 Å². The summed E-state index contributed by atoms with van der Waals surface area (Å²) in [4.78, 5) is 3.96. The molecular formula is C10H17FN2O3S. The standard InChI is InChI=1S/C10H17FN2O3S/c1-10(2,11)7-6(15)5(14)4-8(16-7)17-9(12-3)13-4/h4-8,14-15H,1-3H3,(H,12,13). The Morgan fingerprint density at radius 3 is 2.59 bits per heavy atom. The van der Waals surface area contributed by atoms with Gasteiger partial charge in [0.05, 0.1) is 6.04 Å². The molecule has 0 bridgehead atoms. The molecule has 98 valence electrons. The SMILES string of the molecule is CN=C1NC2C(OC(C(C)(C)F)C(O)C2O)S1. The Bertz CT molecular complexity index is 334. The van der Waals surface area contributed by atoms with E-state index in [2.05, 4.69) is 10.3 Å². The van der Waals surface area contributed by atoms with Crippen LogP contribution in [-0.4, -0.2) is 57.9 Å². The zero-order valence-corrected chi connectivity index (χ0v) is 10.7. The fraction of sp³-hybridized carbons (Fsp3) is 0.900. The van der Waals surface area contributed by atoms with E-state index in [-0.39, 0.29) is 0 Å². The number of halogens is 1. The van der Waals surface area contributed by atoms with Crippen LogP contribution in [0.15, 0.2) is 4.99 Å². The molecule has 2 rings (SSSR count). The highest BCUT2D eigenvalue weighted by atomic mass is 32.2. The van der Waals surface area contributed by atoms with Crippen molar-refractivity contribution in [2.75, 3.05) is 7.05 Å². The van der Waals surface area contributed by atoms with Crippen LogP contribution in [0.25, 0.3) is 0 Å². The fourth-order valence-electron chi connectivity index (χ4n) is 2.09. The van der Waals surface area contributed by atoms with Gasteiger partial charge in [-0.25, -0.2) is 4.39 Å². The number of nitrogens with zero attached hydrogens (tertiary/aromatic N) is 1. The Labute approximate surface area is 103 Å². The van der Waals surface area contributed by atoms with Crippen molar-refractivity contribution in [3.8, 4) is 0 Å². The van der Waals surface area contributed by atoms with Gasteiger partial charge in [0.25, 0.3) is 0 Å². The number of alkyl halides is 1. The highest BCUT2D eigenvalue weighted by Crippen LogP contribution is 2.37. The van der Waals surface area contributed by atoms with Crippen molar-refractivity contribution >= 4 is 16.9 Å². The van der Waals surface area contributed by atoms with Crippen LogP contribution in [0.1, 0.15) is 13.8 Å². The smallest absolute Gasteiger partial charge is 0.159 e. The van der Waals surface area contributed by atoms with Crippen LogP contribution in [0.3, 0.4) is 0 Å². The summed E-state index contributed by atoms with van der Waals surface area (Å²) in [7, 11) is 1.62. The first kappa shape index (κ1) is 13.1. The van der Waals surface area contributed by atoms with Crippen LogP contribution in [0, 0.1) is 0 Å². The lowest BCUT2D eigenvalue weighted by Crippen LogP contribution is -2.62. The Kier molecular flexibility index (Phi) is 3.37. The molecule has 0 aliphatic carbocycles. The van der Waals surface area contributed by atoms with Gasteiger partial charge in [-0.2, -0.15) is 0 Å². The average Bonchev–Trinajstić information content (AvgIpc) is 2.65. The molecule has 0 aromatic rings. The van der Waals surface area contributed by atoms with Gasteiger partial charge in [0.1, 0.15) is 29.4 Å². The van der Waals surface area contributed by atoms with E-state index in [1.807, 2.05) is 0 Å². The van der Waals surface area contributed by atoms with Crippen molar-refractivity contribution in [3.63, 3.8) is 0 Å². The van der Waals surface area contributed by atoms with Crippen LogP contribution in [0.2, 0.25) is 0 Å². The lowest BCUT2D eigenvalue weighted by atomic mass is 9.89. The van der Waals surface area contributed by atoms with Crippen molar-refractivity contribution in [3.05, 3.63) is 0 Å². The summed E-state index contributed by atoms with van der Waals surface area (Å²) in [5, 5.41) is 23.4. The Balaban J connectivity index is 2.19. The van der Waals surface area contributed by atoms with Gasteiger partial charge >= 0.3 is 0 Å². The van der Waals surface area contributed by atoms with Gasteiger partial charge in [-0.1, -0.05) is 11.8 Å². The van der Waals surface area contributed by atoms with E-state index >= 15 is 0 Å². The van der Waals surface area contributed by atoms with Crippen LogP contribution < -0.4 is 5.32 Å². The molecule has 0 spiro atoms. The van der Waals surface area contributed by atoms with E-state index in [0.717, 1.165) is 0 Å². The Morgan fingerprint density at radius 2 is 2.06 bits per heavy atom. The molecule has 5 unspecified atom stereocenters. The van der Waals surface area contributed by atoms with Crippen LogP contribution >= 0.6 is 11.8 Å². The second-order valence-corrected chi connectivity index (χ2v) is 5.87. The summed E-state index contributed by atoms with van der Waals surface area (Å²) in [6, 6.07) is -0.452. The minimum Gasteiger partial charge on any atom is -0.388 e. The van der Waals surface area contributed by atoms with Crippen molar-refractivity contribution in [1.29, 1.82) is 0 Å². The number of rotatable bonds is 1. The number of nitrogens with one attached hydrogen (secondary N) is 1. The predicted octanol–water partition coefficient (Wildman–Crippen LogP) is -0.128. The maximum atomic E-state index is 13.9. The monoisotopic (exact) mass is 264 g/mol. The summed E-state index contributed by atoms with van der Waals surface area (Å²) in [5.74, 6) is 0. The van der Waals surface area contributed by atoms with Gasteiger partial charge in [0, 0.05) is 7.05 Å². The molecule has 2 saturated heterocycles. The summed E-state index contributed by atoms with van der Waals surface area (Å²) in [5.41, 5.74) is -2.13. The average molecular weight is 264 g/mol. The molecular weight excluding hydrogens is 247 g/mol. The number of amidine groups is 1. The molecule has 17 heavy (non-hydrogen) atoms. The first-order valence-corrected chi connectivity index (χ1v) is 6.33. The molecule has 2 fully saturated rings. The van der Waals surface area contributed by atoms with E-state index < -0.39 is 35.5 Å². The highest BCUT2D eigenvalue weighted by molar-refractivity contribution is 8.14. The third-order valence-corrected chi connectivity index (χ3v) is 4.16. The summed E-state index contributed by atoms with van der Waals surface area (Å²) < 4.78 is 19.4. The van der Waals surface area contributed by atoms with Crippen molar-refractivity contribution < 1.29 is 19.3 Å². The predicted molar refractivity (Wildman–Crippen MR) is 63.7 cm³/mol. The number of hydrogen-bond donors (Lipinski definition) is 3. The van der Waals surface area contributed by atoms with Crippen LogP contribution in [-0.2, 0) is 4.74 Å². The molecule has 2 heterocycles. The molecule has 2 aliphatic rings. The van der Waals surface area contributed by atoms with E-state index in [1.165, 1.54) is 25.6 Å². The molecule has 3 N–H and O–H groups in total. The molecule has 5 atom stereocenters. The van der Waals surface area contributed by atoms with Crippen LogP contribution in [0.4, 0.5) is 4.39 Å². The number of aliphatic hydroxyl groups excluding tert-OH is 2. The van der Waals surface area contributed by atoms with E-state index in [9.17, 15) is 14.6 Å². The molecule has 0 amide bonds. The van der Waals surface area contributed by atoms with Gasteiger partial charge in [-0.15, -0.1) is 0 Å². The molecule has 0 radical (unpaired) electrons. The van der Waals surface area contributed by atoms with Gasteiger partial charge in [0.15, 0.2) is 5.17 Å². The van der Waals surface area contributed by atoms with Gasteiger partial charge < -0.3 is 20.3 Å². The normalized spacial score (nSPS) is 44.6. The van der Waals surface area contributed by atoms with E-state index in [4.69, 9.17) is 4.74 Å². The molecule has 7 heteroatoms. The Morgan fingerprint density at radius 1 is 1.41 bits per heavy atom. The molecule has 0 aromatic carbocycles. The first-order chi connectivity index (χ1) is 7.84. The van der Waals surface area contributed by atoms with Crippen molar-refractivity contribution in [1.82, 2.24) is 5.32 Å². The van der Waals surface area contributed by atoms with E-state index in [0.29, 0.717) is 5.17 Å². The second kappa shape index (κ2) is 4.38. The number of ether oxygens (including phenoxy) is 1. The van der Waals surface area contributed by atoms with E-state index in [1.54, 1.807) is 7.05 Å². The molecule has 2 aliphatic heterocycles. The molecule has 0 aromatic heterocycles. The number of aliphatic hydroxyl groups is 2. The lowest BCUT2D eigenvalue weighted by molar-refractivity contribution is -0.193. The maximum absolute atomic E-state index is 13.9. The zero-order chi connectivity index (χ0) is 12.8. The van der Waals surface area contributed by atoms with Crippen LogP contribution in [0.5, 0.6) is 0 Å². The quantitative estimate of drug-likeness (QED) is 0.615. The number of fused-ring (bicyclic) bond motifs is 1. The summed E-state index contributed by atoms with van der Waals surface area (Å²) >= 11 is 1.30. The van der Waals surface area contributed by atoms with Gasteiger partial charge in [-0.3, -0.25) is 4.99 Å². The third-order valence-electron chi connectivity index (χ3n) is 3.00. The zero-order valence-electron chi connectivity index (χ0n) is 9.92. The molecule has 5 nitrogen and oxygen atoms in total. The minimum atomic E-state index is -1.71. The fourth-order valence-corrected chi connectivity index (χ4v) is 3.17. The number of hydrogen-bond acceptors (Lipinski definition) is 5. The van der Waals surface area contributed by atoms with Gasteiger partial charge in [-0.05, 0) is 13.8 Å². The Hall–Kier alpha value is -0.370. The second-order valence-electron chi connectivity index (χ2n) is 4.79. The summed E-state index contributed by atoms with van der Waals surface area (Å²) in [6.45, 7) is 2.66. The van der Waals surface area contributed by atoms with Crippen molar-refractivity contribution in [2.45, 2.75) is 49.3 Å². The lowest BCUT2D eigenvalue weighted by Gasteiger charge is -2.42. The summed E-state index contributed by atoms with van der Waals surface area (Å²) in [6.07, 6.45) is -3.36. The third kappa shape index (κ3) is 2.29. The number of aliphatic imine (C=N–C) groups is 1. The molecule has 0 saturated carbocycles. The number of thioether (sulfide) groups is 1. The highest BCUT2D eigenvalue weighted by Gasteiger charge is 2.53.